The van der Waals surface area contributed by atoms with Crippen molar-refractivity contribution in [3.63, 3.8) is 0 Å². The molecule has 1 N–H and O–H groups in total. The number of alkyl halides is 3. The van der Waals surface area contributed by atoms with Gasteiger partial charge in [0.2, 0.25) is 11.8 Å². The molecule has 1 rings (SSSR count). The highest BCUT2D eigenvalue weighted by Gasteiger charge is 2.34. The van der Waals surface area contributed by atoms with Gasteiger partial charge in [0.1, 0.15) is 6.04 Å². The number of nitrogens with zero attached hydrogens (tertiary/aromatic N) is 1. The summed E-state index contributed by atoms with van der Waals surface area (Å²) in [6.07, 6.45) is 1.35. The van der Waals surface area contributed by atoms with Crippen LogP contribution in [0.3, 0.4) is 0 Å². The fourth-order valence-electron chi connectivity index (χ4n) is 2.19. The highest BCUT2D eigenvalue weighted by atomic mass is 32.2. The molecule has 1 aliphatic rings. The third-order valence-electron chi connectivity index (χ3n) is 3.10. The van der Waals surface area contributed by atoms with Crippen LogP contribution in [0, 0.1) is 0 Å². The SMILES string of the molecule is CCCC1NC(=O)CC(C)N(CCSC(F)(F)F)C1=O. The van der Waals surface area contributed by atoms with Gasteiger partial charge < -0.3 is 10.2 Å². The molecule has 8 heteroatoms. The molecule has 4 nitrogen and oxygen atoms in total. The number of amides is 2. The van der Waals surface area contributed by atoms with Gasteiger partial charge in [-0.2, -0.15) is 13.2 Å². The molecule has 20 heavy (non-hydrogen) atoms. The average molecular weight is 312 g/mol. The molecule has 1 saturated heterocycles. The van der Waals surface area contributed by atoms with E-state index < -0.39 is 11.6 Å². The molecule has 0 radical (unpaired) electrons. The minimum atomic E-state index is -4.30. The number of carbonyl (C=O) groups excluding carboxylic acids is 2. The van der Waals surface area contributed by atoms with Crippen LogP contribution < -0.4 is 5.32 Å². The van der Waals surface area contributed by atoms with Crippen LogP contribution in [0.1, 0.15) is 33.1 Å². The molecule has 0 aromatic carbocycles. The van der Waals surface area contributed by atoms with Crippen molar-refractivity contribution in [2.45, 2.75) is 50.7 Å². The molecule has 1 aliphatic heterocycles. The minimum Gasteiger partial charge on any atom is -0.344 e. The molecule has 1 heterocycles. The Morgan fingerprint density at radius 3 is 2.60 bits per heavy atom. The first kappa shape index (κ1) is 17.1. The van der Waals surface area contributed by atoms with Crippen molar-refractivity contribution in [3.8, 4) is 0 Å². The first-order valence-electron chi connectivity index (χ1n) is 6.55. The maximum Gasteiger partial charge on any atom is 0.441 e. The normalized spacial score (nSPS) is 24.6. The fourth-order valence-corrected chi connectivity index (χ4v) is 2.70. The first-order chi connectivity index (χ1) is 9.24. The lowest BCUT2D eigenvalue weighted by atomic mass is 10.1. The van der Waals surface area contributed by atoms with E-state index in [4.69, 9.17) is 0 Å². The first-order valence-corrected chi connectivity index (χ1v) is 7.53. The predicted molar refractivity (Wildman–Crippen MR) is 71.1 cm³/mol. The van der Waals surface area contributed by atoms with Gasteiger partial charge in [-0.05, 0) is 25.1 Å². The maximum atomic E-state index is 12.3. The Morgan fingerprint density at radius 2 is 2.05 bits per heavy atom. The molecule has 0 bridgehead atoms. The summed E-state index contributed by atoms with van der Waals surface area (Å²) in [5, 5.41) is 2.64. The third kappa shape index (κ3) is 5.22. The average Bonchev–Trinajstić information content (AvgIpc) is 2.39. The molecule has 0 aromatic rings. The number of rotatable bonds is 5. The molecule has 0 aliphatic carbocycles. The van der Waals surface area contributed by atoms with E-state index in [1.165, 1.54) is 4.90 Å². The summed E-state index contributed by atoms with van der Waals surface area (Å²) < 4.78 is 36.4. The molecule has 0 saturated carbocycles. The van der Waals surface area contributed by atoms with Gasteiger partial charge in [0.25, 0.3) is 0 Å². The van der Waals surface area contributed by atoms with Crippen LogP contribution >= 0.6 is 11.8 Å². The second kappa shape index (κ2) is 7.19. The number of nitrogens with one attached hydrogen (secondary N) is 1. The van der Waals surface area contributed by atoms with Crippen LogP contribution in [0.5, 0.6) is 0 Å². The van der Waals surface area contributed by atoms with E-state index in [0.29, 0.717) is 6.42 Å². The predicted octanol–water partition coefficient (Wildman–Crippen LogP) is 2.15. The summed E-state index contributed by atoms with van der Waals surface area (Å²) in [4.78, 5) is 25.3. The zero-order chi connectivity index (χ0) is 15.3. The zero-order valence-corrected chi connectivity index (χ0v) is 12.3. The van der Waals surface area contributed by atoms with Gasteiger partial charge in [0.05, 0.1) is 0 Å². The second-order valence-electron chi connectivity index (χ2n) is 4.79. The Morgan fingerprint density at radius 1 is 1.40 bits per heavy atom. The molecular weight excluding hydrogens is 293 g/mol. The third-order valence-corrected chi connectivity index (χ3v) is 3.82. The Bertz CT molecular complexity index is 363. The lowest BCUT2D eigenvalue weighted by Gasteiger charge is -2.28. The van der Waals surface area contributed by atoms with Crippen LogP contribution in [-0.4, -0.2) is 46.6 Å². The lowest BCUT2D eigenvalue weighted by Crippen LogP contribution is -2.47. The quantitative estimate of drug-likeness (QED) is 0.846. The topological polar surface area (TPSA) is 49.4 Å². The standard InChI is InChI=1S/C12H19F3N2O2S/c1-3-4-9-11(19)17(5-6-20-12(13,14)15)8(2)7-10(18)16-9/h8-9H,3-7H2,1-2H3,(H,16,18). The molecule has 2 unspecified atom stereocenters. The number of hydrogen-bond donors (Lipinski definition) is 1. The monoisotopic (exact) mass is 312 g/mol. The van der Waals surface area contributed by atoms with E-state index in [1.54, 1.807) is 6.92 Å². The number of thioether (sulfide) groups is 1. The zero-order valence-electron chi connectivity index (χ0n) is 11.5. The van der Waals surface area contributed by atoms with Gasteiger partial charge in [-0.15, -0.1) is 0 Å². The summed E-state index contributed by atoms with van der Waals surface area (Å²) in [7, 11) is 0. The fraction of sp³-hybridized carbons (Fsp3) is 0.833. The molecule has 0 aromatic heterocycles. The van der Waals surface area contributed by atoms with Gasteiger partial charge in [-0.3, -0.25) is 9.59 Å². The van der Waals surface area contributed by atoms with E-state index in [2.05, 4.69) is 5.32 Å². The Kier molecular flexibility index (Phi) is 6.16. The van der Waals surface area contributed by atoms with Crippen molar-refractivity contribution in [1.82, 2.24) is 10.2 Å². The van der Waals surface area contributed by atoms with Gasteiger partial charge in [-0.25, -0.2) is 0 Å². The van der Waals surface area contributed by atoms with E-state index in [1.807, 2.05) is 6.92 Å². The largest absolute Gasteiger partial charge is 0.441 e. The van der Waals surface area contributed by atoms with Gasteiger partial charge in [0.15, 0.2) is 0 Å². The Balaban J connectivity index is 2.69. The highest BCUT2D eigenvalue weighted by Crippen LogP contribution is 2.30. The Hall–Kier alpha value is -0.920. The van der Waals surface area contributed by atoms with Crippen molar-refractivity contribution in [1.29, 1.82) is 0 Å². The molecule has 0 spiro atoms. The molecule has 2 atom stereocenters. The van der Waals surface area contributed by atoms with Crippen LogP contribution in [-0.2, 0) is 9.59 Å². The maximum absolute atomic E-state index is 12.3. The summed E-state index contributed by atoms with van der Waals surface area (Å²) in [5.41, 5.74) is -4.30. The summed E-state index contributed by atoms with van der Waals surface area (Å²) in [6, 6.07) is -0.994. The summed E-state index contributed by atoms with van der Waals surface area (Å²) in [5.74, 6) is -0.727. The van der Waals surface area contributed by atoms with E-state index in [-0.39, 0.29) is 48.3 Å². The van der Waals surface area contributed by atoms with E-state index >= 15 is 0 Å². The second-order valence-corrected chi connectivity index (χ2v) is 5.95. The molecule has 1 fully saturated rings. The minimum absolute atomic E-state index is 0.000644. The van der Waals surface area contributed by atoms with Crippen LogP contribution in [0.25, 0.3) is 0 Å². The van der Waals surface area contributed by atoms with Crippen LogP contribution in [0.4, 0.5) is 13.2 Å². The van der Waals surface area contributed by atoms with Crippen molar-refractivity contribution in [3.05, 3.63) is 0 Å². The smallest absolute Gasteiger partial charge is 0.344 e. The lowest BCUT2D eigenvalue weighted by molar-refractivity contribution is -0.134. The molecule has 116 valence electrons. The van der Waals surface area contributed by atoms with Gasteiger partial charge >= 0.3 is 5.51 Å². The van der Waals surface area contributed by atoms with Crippen molar-refractivity contribution in [2.24, 2.45) is 0 Å². The van der Waals surface area contributed by atoms with Crippen LogP contribution in [0.15, 0.2) is 0 Å². The number of hydrogen-bond acceptors (Lipinski definition) is 3. The molecular formula is C12H19F3N2O2S. The van der Waals surface area contributed by atoms with E-state index in [9.17, 15) is 22.8 Å². The summed E-state index contributed by atoms with van der Waals surface area (Å²) >= 11 is -0.146. The number of carbonyl (C=O) groups is 2. The van der Waals surface area contributed by atoms with Crippen molar-refractivity contribution >= 4 is 23.6 Å². The summed E-state index contributed by atoms with van der Waals surface area (Å²) in [6.45, 7) is 3.57. The van der Waals surface area contributed by atoms with Crippen LogP contribution in [0.2, 0.25) is 0 Å². The Labute approximate surface area is 120 Å². The molecule has 2 amide bonds. The van der Waals surface area contributed by atoms with Crippen molar-refractivity contribution < 1.29 is 22.8 Å². The van der Waals surface area contributed by atoms with Gasteiger partial charge in [0, 0.05) is 24.8 Å². The van der Waals surface area contributed by atoms with Crippen molar-refractivity contribution in [2.75, 3.05) is 12.3 Å². The number of halogens is 3. The van der Waals surface area contributed by atoms with E-state index in [0.717, 1.165) is 6.42 Å². The van der Waals surface area contributed by atoms with Gasteiger partial charge in [-0.1, -0.05) is 13.3 Å². The highest BCUT2D eigenvalue weighted by molar-refractivity contribution is 8.00.